The van der Waals surface area contributed by atoms with Crippen LogP contribution in [0.2, 0.25) is 0 Å². The highest BCUT2D eigenvalue weighted by Gasteiger charge is 2.38. The first-order valence-corrected chi connectivity index (χ1v) is 7.81. The number of rotatable bonds is 3. The minimum Gasteiger partial charge on any atom is -0.481 e. The molecular weight excluding hydrogens is 331 g/mol. The lowest BCUT2D eigenvalue weighted by atomic mass is 9.98. The van der Waals surface area contributed by atoms with Gasteiger partial charge in [0.05, 0.1) is 5.92 Å². The van der Waals surface area contributed by atoms with Crippen LogP contribution < -0.4 is 5.32 Å². The van der Waals surface area contributed by atoms with E-state index in [1.54, 1.807) is 0 Å². The first-order chi connectivity index (χ1) is 11.2. The zero-order chi connectivity index (χ0) is 17.9. The van der Waals surface area contributed by atoms with E-state index in [1.165, 1.54) is 4.90 Å². The standard InChI is InChI=1S/C14H20F3N3O4/c15-14(16,17)8-20-6-2-4-10(11(20)21)18-13(24)19-5-1-3-9(7-19)12(22)23/h9-10H,1-8H2,(H,18,24)(H,22,23). The van der Waals surface area contributed by atoms with Gasteiger partial charge in [0.25, 0.3) is 0 Å². The Bertz CT molecular complexity index is 512. The summed E-state index contributed by atoms with van der Waals surface area (Å²) in [5, 5.41) is 11.5. The molecule has 7 nitrogen and oxygen atoms in total. The quantitative estimate of drug-likeness (QED) is 0.795. The molecule has 0 aromatic rings. The number of likely N-dealkylation sites (tertiary alicyclic amines) is 2. The molecule has 2 saturated heterocycles. The van der Waals surface area contributed by atoms with Gasteiger partial charge >= 0.3 is 18.2 Å². The summed E-state index contributed by atoms with van der Waals surface area (Å²) in [5.74, 6) is -2.40. The fourth-order valence-corrected chi connectivity index (χ4v) is 3.05. The second-order valence-electron chi connectivity index (χ2n) is 6.14. The van der Waals surface area contributed by atoms with Crippen molar-refractivity contribution in [2.45, 2.75) is 37.9 Å². The van der Waals surface area contributed by atoms with Crippen molar-refractivity contribution in [3.63, 3.8) is 0 Å². The van der Waals surface area contributed by atoms with E-state index < -0.39 is 42.6 Å². The van der Waals surface area contributed by atoms with Gasteiger partial charge in [-0.2, -0.15) is 13.2 Å². The van der Waals surface area contributed by atoms with Gasteiger partial charge in [-0.3, -0.25) is 9.59 Å². The maximum atomic E-state index is 12.5. The Hall–Kier alpha value is -2.00. The number of aliphatic carboxylic acids is 1. The third-order valence-electron chi connectivity index (χ3n) is 4.26. The maximum absolute atomic E-state index is 12.5. The summed E-state index contributed by atoms with van der Waals surface area (Å²) in [4.78, 5) is 37.3. The molecule has 2 aliphatic heterocycles. The molecule has 2 N–H and O–H groups in total. The van der Waals surface area contributed by atoms with Gasteiger partial charge in [0, 0.05) is 19.6 Å². The van der Waals surface area contributed by atoms with Crippen molar-refractivity contribution in [1.29, 1.82) is 0 Å². The Labute approximate surface area is 136 Å². The maximum Gasteiger partial charge on any atom is 0.406 e. The summed E-state index contributed by atoms with van der Waals surface area (Å²) in [5.41, 5.74) is 0. The number of piperidine rings is 2. The van der Waals surface area contributed by atoms with Crippen molar-refractivity contribution in [2.75, 3.05) is 26.2 Å². The van der Waals surface area contributed by atoms with E-state index in [9.17, 15) is 27.6 Å². The molecule has 2 fully saturated rings. The summed E-state index contributed by atoms with van der Waals surface area (Å²) in [7, 11) is 0. The SMILES string of the molecule is O=C(O)C1CCCN(C(=O)NC2CCCN(CC(F)(F)F)C2=O)C1. The third-order valence-corrected chi connectivity index (χ3v) is 4.26. The largest absolute Gasteiger partial charge is 0.481 e. The number of urea groups is 1. The number of carbonyl (C=O) groups excluding carboxylic acids is 2. The molecular formula is C14H20F3N3O4. The van der Waals surface area contributed by atoms with Crippen LogP contribution in [0.25, 0.3) is 0 Å². The van der Waals surface area contributed by atoms with E-state index in [4.69, 9.17) is 5.11 Å². The summed E-state index contributed by atoms with van der Waals surface area (Å²) >= 11 is 0. The van der Waals surface area contributed by atoms with E-state index >= 15 is 0 Å². The topological polar surface area (TPSA) is 89.9 Å². The van der Waals surface area contributed by atoms with Crippen molar-refractivity contribution in [1.82, 2.24) is 15.1 Å². The van der Waals surface area contributed by atoms with Crippen LogP contribution in [0, 0.1) is 5.92 Å². The Morgan fingerprint density at radius 1 is 1.21 bits per heavy atom. The van der Waals surface area contributed by atoms with Crippen molar-refractivity contribution in [3.05, 3.63) is 0 Å². The second-order valence-corrected chi connectivity index (χ2v) is 6.14. The average molecular weight is 351 g/mol. The fourth-order valence-electron chi connectivity index (χ4n) is 3.05. The van der Waals surface area contributed by atoms with Crippen LogP contribution in [0.1, 0.15) is 25.7 Å². The third kappa shape index (κ3) is 4.75. The van der Waals surface area contributed by atoms with Crippen LogP contribution in [0.4, 0.5) is 18.0 Å². The van der Waals surface area contributed by atoms with Gasteiger partial charge in [0.1, 0.15) is 12.6 Å². The first-order valence-electron chi connectivity index (χ1n) is 7.81. The van der Waals surface area contributed by atoms with Crippen LogP contribution in [0.15, 0.2) is 0 Å². The van der Waals surface area contributed by atoms with Gasteiger partial charge in [-0.15, -0.1) is 0 Å². The predicted octanol–water partition coefficient (Wildman–Crippen LogP) is 1.05. The molecule has 3 amide bonds. The van der Waals surface area contributed by atoms with Gasteiger partial charge in [-0.1, -0.05) is 0 Å². The number of amides is 3. The van der Waals surface area contributed by atoms with Crippen molar-refractivity contribution >= 4 is 17.9 Å². The zero-order valence-electron chi connectivity index (χ0n) is 13.0. The van der Waals surface area contributed by atoms with E-state index in [0.29, 0.717) is 30.7 Å². The lowest BCUT2D eigenvalue weighted by Gasteiger charge is -2.35. The number of nitrogens with zero attached hydrogens (tertiary/aromatic N) is 2. The molecule has 136 valence electrons. The summed E-state index contributed by atoms with van der Waals surface area (Å²) in [6, 6.07) is -1.60. The number of nitrogens with one attached hydrogen (secondary N) is 1. The van der Waals surface area contributed by atoms with Gasteiger partial charge in [0.2, 0.25) is 5.91 Å². The number of carbonyl (C=O) groups is 3. The molecule has 2 rings (SSSR count). The molecule has 2 atom stereocenters. The molecule has 0 aliphatic carbocycles. The molecule has 0 saturated carbocycles. The van der Waals surface area contributed by atoms with Crippen LogP contribution >= 0.6 is 0 Å². The normalized spacial score (nSPS) is 25.5. The molecule has 2 unspecified atom stereocenters. The van der Waals surface area contributed by atoms with Gasteiger partial charge in [0.15, 0.2) is 0 Å². The van der Waals surface area contributed by atoms with E-state index in [1.807, 2.05) is 0 Å². The smallest absolute Gasteiger partial charge is 0.406 e. The summed E-state index contributed by atoms with van der Waals surface area (Å²) in [6.45, 7) is -0.921. The van der Waals surface area contributed by atoms with Crippen LogP contribution in [-0.2, 0) is 9.59 Å². The molecule has 2 aliphatic rings. The minimum absolute atomic E-state index is 0.00944. The zero-order valence-corrected chi connectivity index (χ0v) is 13.0. The molecule has 0 radical (unpaired) electrons. The number of hydrogen-bond donors (Lipinski definition) is 2. The number of carboxylic acid groups (broad SMARTS) is 1. The monoisotopic (exact) mass is 351 g/mol. The van der Waals surface area contributed by atoms with Crippen molar-refractivity contribution < 1.29 is 32.7 Å². The first kappa shape index (κ1) is 18.3. The van der Waals surface area contributed by atoms with E-state index in [2.05, 4.69) is 5.32 Å². The van der Waals surface area contributed by atoms with Crippen LogP contribution in [0.3, 0.4) is 0 Å². The molecule has 2 heterocycles. The number of carboxylic acids is 1. The Morgan fingerprint density at radius 3 is 2.50 bits per heavy atom. The molecule has 10 heteroatoms. The predicted molar refractivity (Wildman–Crippen MR) is 76.1 cm³/mol. The highest BCUT2D eigenvalue weighted by atomic mass is 19.4. The average Bonchev–Trinajstić information content (AvgIpc) is 2.50. The number of hydrogen-bond acceptors (Lipinski definition) is 3. The Morgan fingerprint density at radius 2 is 1.88 bits per heavy atom. The minimum atomic E-state index is -4.48. The molecule has 0 bridgehead atoms. The van der Waals surface area contributed by atoms with E-state index in [0.717, 1.165) is 0 Å². The van der Waals surface area contributed by atoms with Gasteiger partial charge < -0.3 is 20.2 Å². The summed E-state index contributed by atoms with van der Waals surface area (Å²) in [6.07, 6.45) is -2.84. The lowest BCUT2D eigenvalue weighted by molar-refractivity contribution is -0.164. The van der Waals surface area contributed by atoms with Crippen LogP contribution in [-0.4, -0.2) is 71.2 Å². The highest BCUT2D eigenvalue weighted by molar-refractivity contribution is 5.88. The van der Waals surface area contributed by atoms with Gasteiger partial charge in [-0.25, -0.2) is 4.79 Å². The summed E-state index contributed by atoms with van der Waals surface area (Å²) < 4.78 is 37.4. The van der Waals surface area contributed by atoms with Crippen molar-refractivity contribution in [3.8, 4) is 0 Å². The lowest BCUT2D eigenvalue weighted by Crippen LogP contribution is -2.57. The van der Waals surface area contributed by atoms with Gasteiger partial charge in [-0.05, 0) is 25.7 Å². The number of halogens is 3. The second kappa shape index (κ2) is 7.27. The molecule has 0 aromatic heterocycles. The van der Waals surface area contributed by atoms with Crippen LogP contribution in [0.5, 0.6) is 0 Å². The number of alkyl halides is 3. The highest BCUT2D eigenvalue weighted by Crippen LogP contribution is 2.21. The molecule has 0 aromatic carbocycles. The fraction of sp³-hybridized carbons (Fsp3) is 0.786. The Kier molecular flexibility index (Phi) is 5.55. The Balaban J connectivity index is 1.93. The molecule has 24 heavy (non-hydrogen) atoms. The van der Waals surface area contributed by atoms with E-state index in [-0.39, 0.29) is 19.5 Å². The van der Waals surface area contributed by atoms with Crippen molar-refractivity contribution in [2.24, 2.45) is 5.92 Å². The molecule has 0 spiro atoms.